The van der Waals surface area contributed by atoms with Gasteiger partial charge in [-0.2, -0.15) is 0 Å². The molecule has 1 saturated heterocycles. The van der Waals surface area contributed by atoms with Crippen molar-refractivity contribution in [3.05, 3.63) is 54.1 Å². The summed E-state index contributed by atoms with van der Waals surface area (Å²) in [7, 11) is 1.58. The van der Waals surface area contributed by atoms with E-state index in [1.165, 1.54) is 0 Å². The highest BCUT2D eigenvalue weighted by atomic mass is 16.5. The van der Waals surface area contributed by atoms with Crippen LogP contribution in [0.2, 0.25) is 0 Å². The molecule has 2 aromatic carbocycles. The minimum absolute atomic E-state index is 0.0225. The molecule has 1 aliphatic heterocycles. The van der Waals surface area contributed by atoms with E-state index in [4.69, 9.17) is 4.74 Å². The first kappa shape index (κ1) is 17.9. The van der Waals surface area contributed by atoms with Crippen LogP contribution >= 0.6 is 0 Å². The third-order valence-corrected chi connectivity index (χ3v) is 4.47. The van der Waals surface area contributed by atoms with E-state index in [-0.39, 0.29) is 17.7 Å². The van der Waals surface area contributed by atoms with Gasteiger partial charge in [0.1, 0.15) is 5.75 Å². The van der Waals surface area contributed by atoms with Crippen LogP contribution in [0.5, 0.6) is 5.75 Å². The van der Waals surface area contributed by atoms with Gasteiger partial charge in [0.15, 0.2) is 0 Å². The summed E-state index contributed by atoms with van der Waals surface area (Å²) < 4.78 is 5.17. The van der Waals surface area contributed by atoms with E-state index in [9.17, 15) is 9.59 Å². The lowest BCUT2D eigenvalue weighted by Gasteiger charge is -2.22. The number of para-hydroxylation sites is 1. The van der Waals surface area contributed by atoms with Gasteiger partial charge in [0.05, 0.1) is 18.4 Å². The highest BCUT2D eigenvalue weighted by molar-refractivity contribution is 6.10. The maximum atomic E-state index is 12.7. The van der Waals surface area contributed by atoms with Crippen LogP contribution in [-0.4, -0.2) is 32.0 Å². The zero-order valence-electron chi connectivity index (χ0n) is 14.7. The SMILES string of the molecule is COc1cccc(NC(=O)c2ccccc2NC(=O)C2CCNCC2)c1. The Labute approximate surface area is 152 Å². The summed E-state index contributed by atoms with van der Waals surface area (Å²) >= 11 is 0. The molecule has 2 aromatic rings. The number of carbonyl (C=O) groups is 2. The summed E-state index contributed by atoms with van der Waals surface area (Å²) in [5.41, 5.74) is 1.59. The minimum atomic E-state index is -0.278. The first-order valence-electron chi connectivity index (χ1n) is 8.73. The number of ether oxygens (including phenoxy) is 1. The van der Waals surface area contributed by atoms with Crippen LogP contribution in [0.3, 0.4) is 0 Å². The Bertz CT molecular complexity index is 785. The van der Waals surface area contributed by atoms with E-state index in [2.05, 4.69) is 16.0 Å². The van der Waals surface area contributed by atoms with Gasteiger partial charge < -0.3 is 20.7 Å². The number of hydrogen-bond acceptors (Lipinski definition) is 4. The number of methoxy groups -OCH3 is 1. The van der Waals surface area contributed by atoms with Crippen molar-refractivity contribution >= 4 is 23.2 Å². The van der Waals surface area contributed by atoms with Crippen LogP contribution in [0, 0.1) is 5.92 Å². The Kier molecular flexibility index (Phi) is 5.86. The summed E-state index contributed by atoms with van der Waals surface area (Å²) in [5, 5.41) is 9.01. The monoisotopic (exact) mass is 353 g/mol. The number of rotatable bonds is 5. The van der Waals surface area contributed by atoms with Crippen LogP contribution in [-0.2, 0) is 4.79 Å². The zero-order valence-corrected chi connectivity index (χ0v) is 14.7. The van der Waals surface area contributed by atoms with Gasteiger partial charge in [-0.25, -0.2) is 0 Å². The standard InChI is InChI=1S/C20H23N3O3/c1-26-16-6-4-5-15(13-16)22-20(25)17-7-2-3-8-18(17)23-19(24)14-9-11-21-12-10-14/h2-8,13-14,21H,9-12H2,1H3,(H,22,25)(H,23,24). The van der Waals surface area contributed by atoms with E-state index in [0.29, 0.717) is 22.7 Å². The largest absolute Gasteiger partial charge is 0.497 e. The second kappa shape index (κ2) is 8.49. The van der Waals surface area contributed by atoms with Gasteiger partial charge in [-0.15, -0.1) is 0 Å². The van der Waals surface area contributed by atoms with Crippen LogP contribution in [0.4, 0.5) is 11.4 Å². The lowest BCUT2D eigenvalue weighted by Crippen LogP contribution is -2.35. The van der Waals surface area contributed by atoms with Crippen molar-refractivity contribution < 1.29 is 14.3 Å². The molecule has 1 heterocycles. The molecule has 0 saturated carbocycles. The molecule has 6 nitrogen and oxygen atoms in total. The first-order chi connectivity index (χ1) is 12.7. The Morgan fingerprint density at radius 3 is 2.58 bits per heavy atom. The van der Waals surface area contributed by atoms with Crippen LogP contribution in [0.25, 0.3) is 0 Å². The molecule has 26 heavy (non-hydrogen) atoms. The van der Waals surface area contributed by atoms with Crippen molar-refractivity contribution in [2.24, 2.45) is 5.92 Å². The first-order valence-corrected chi connectivity index (χ1v) is 8.73. The van der Waals surface area contributed by atoms with Crippen LogP contribution in [0.1, 0.15) is 23.2 Å². The molecule has 2 amide bonds. The summed E-state index contributed by atoms with van der Waals surface area (Å²) in [6, 6.07) is 14.2. The fraction of sp³-hybridized carbons (Fsp3) is 0.300. The quantitative estimate of drug-likeness (QED) is 0.772. The van der Waals surface area contributed by atoms with Crippen molar-refractivity contribution in [1.29, 1.82) is 0 Å². The van der Waals surface area contributed by atoms with Gasteiger partial charge >= 0.3 is 0 Å². The molecule has 0 bridgehead atoms. The molecule has 1 fully saturated rings. The van der Waals surface area contributed by atoms with Gasteiger partial charge in [0.2, 0.25) is 5.91 Å². The number of hydrogen-bond donors (Lipinski definition) is 3. The molecular formula is C20H23N3O3. The molecule has 1 aliphatic rings. The number of carbonyl (C=O) groups excluding carboxylic acids is 2. The van der Waals surface area contributed by atoms with E-state index >= 15 is 0 Å². The van der Waals surface area contributed by atoms with E-state index in [1.807, 2.05) is 6.07 Å². The van der Waals surface area contributed by atoms with Crippen molar-refractivity contribution in [1.82, 2.24) is 5.32 Å². The molecule has 0 radical (unpaired) electrons. The average molecular weight is 353 g/mol. The van der Waals surface area contributed by atoms with Crippen molar-refractivity contribution in [3.63, 3.8) is 0 Å². The molecule has 0 spiro atoms. The summed E-state index contributed by atoms with van der Waals surface area (Å²) in [4.78, 5) is 25.2. The van der Waals surface area contributed by atoms with E-state index in [1.54, 1.807) is 49.6 Å². The molecular weight excluding hydrogens is 330 g/mol. The van der Waals surface area contributed by atoms with Crippen molar-refractivity contribution in [3.8, 4) is 5.75 Å². The van der Waals surface area contributed by atoms with Gasteiger partial charge in [-0.3, -0.25) is 9.59 Å². The molecule has 0 atom stereocenters. The van der Waals surface area contributed by atoms with Crippen LogP contribution < -0.4 is 20.7 Å². The molecule has 3 rings (SSSR count). The fourth-order valence-corrected chi connectivity index (χ4v) is 3.01. The Balaban J connectivity index is 1.73. The van der Waals surface area contributed by atoms with Crippen molar-refractivity contribution in [2.45, 2.75) is 12.8 Å². The predicted molar refractivity (Wildman–Crippen MR) is 102 cm³/mol. The second-order valence-corrected chi connectivity index (χ2v) is 6.25. The number of nitrogens with one attached hydrogen (secondary N) is 3. The fourth-order valence-electron chi connectivity index (χ4n) is 3.01. The lowest BCUT2D eigenvalue weighted by molar-refractivity contribution is -0.120. The molecule has 6 heteroatoms. The molecule has 0 aromatic heterocycles. The van der Waals surface area contributed by atoms with Gasteiger partial charge in [-0.1, -0.05) is 18.2 Å². The third-order valence-electron chi connectivity index (χ3n) is 4.47. The minimum Gasteiger partial charge on any atom is -0.497 e. The van der Waals surface area contributed by atoms with Crippen molar-refractivity contribution in [2.75, 3.05) is 30.8 Å². The lowest BCUT2D eigenvalue weighted by atomic mass is 9.97. The highest BCUT2D eigenvalue weighted by Gasteiger charge is 2.22. The van der Waals surface area contributed by atoms with Crippen LogP contribution in [0.15, 0.2) is 48.5 Å². The molecule has 136 valence electrons. The molecule has 3 N–H and O–H groups in total. The molecule has 0 unspecified atom stereocenters. The number of amides is 2. The maximum absolute atomic E-state index is 12.7. The van der Waals surface area contributed by atoms with E-state index < -0.39 is 0 Å². The summed E-state index contributed by atoms with van der Waals surface area (Å²) in [6.07, 6.45) is 1.62. The smallest absolute Gasteiger partial charge is 0.257 e. The maximum Gasteiger partial charge on any atom is 0.257 e. The Morgan fingerprint density at radius 1 is 1.04 bits per heavy atom. The highest BCUT2D eigenvalue weighted by Crippen LogP contribution is 2.22. The Hall–Kier alpha value is -2.86. The number of piperidine rings is 1. The predicted octanol–water partition coefficient (Wildman–Crippen LogP) is 2.89. The average Bonchev–Trinajstić information content (AvgIpc) is 2.69. The zero-order chi connectivity index (χ0) is 18.4. The normalized spacial score (nSPS) is 14.5. The van der Waals surface area contributed by atoms with Gasteiger partial charge in [0.25, 0.3) is 5.91 Å². The number of anilines is 2. The summed E-state index contributed by atoms with van der Waals surface area (Å²) in [6.45, 7) is 1.69. The van der Waals surface area contributed by atoms with Gasteiger partial charge in [0, 0.05) is 17.7 Å². The molecule has 0 aliphatic carbocycles. The third kappa shape index (κ3) is 4.40. The number of benzene rings is 2. The Morgan fingerprint density at radius 2 is 1.81 bits per heavy atom. The van der Waals surface area contributed by atoms with E-state index in [0.717, 1.165) is 25.9 Å². The topological polar surface area (TPSA) is 79.5 Å². The second-order valence-electron chi connectivity index (χ2n) is 6.25. The summed E-state index contributed by atoms with van der Waals surface area (Å²) in [5.74, 6) is 0.327. The van der Waals surface area contributed by atoms with Gasteiger partial charge in [-0.05, 0) is 50.2 Å².